The number of phenolic OH excluding ortho intramolecular Hbond substituents is 1. The fraction of sp³-hybridized carbons (Fsp3) is 0.222. The molecule has 1 nitrogen and oxygen atoms in total. The molecular formula is C18H20O. The van der Waals surface area contributed by atoms with Gasteiger partial charge < -0.3 is 5.11 Å². The summed E-state index contributed by atoms with van der Waals surface area (Å²) < 4.78 is 0. The average molecular weight is 252 g/mol. The van der Waals surface area contributed by atoms with E-state index >= 15 is 0 Å². The van der Waals surface area contributed by atoms with Gasteiger partial charge in [0.15, 0.2) is 0 Å². The maximum absolute atomic E-state index is 9.33. The monoisotopic (exact) mass is 252 g/mol. The van der Waals surface area contributed by atoms with E-state index in [2.05, 4.69) is 44.2 Å². The van der Waals surface area contributed by atoms with Crippen molar-refractivity contribution in [2.24, 2.45) is 5.92 Å². The van der Waals surface area contributed by atoms with E-state index in [0.29, 0.717) is 11.7 Å². The Bertz CT molecular complexity index is 536. The van der Waals surface area contributed by atoms with Crippen LogP contribution >= 0.6 is 0 Å². The van der Waals surface area contributed by atoms with Crippen molar-refractivity contribution in [2.75, 3.05) is 0 Å². The van der Waals surface area contributed by atoms with Gasteiger partial charge in [-0.3, -0.25) is 0 Å². The summed E-state index contributed by atoms with van der Waals surface area (Å²) in [5, 5.41) is 9.33. The predicted octanol–water partition coefficient (Wildman–Crippen LogP) is 4.98. The molecule has 0 saturated carbocycles. The van der Waals surface area contributed by atoms with E-state index < -0.39 is 0 Å². The first-order chi connectivity index (χ1) is 9.15. The zero-order valence-corrected chi connectivity index (χ0v) is 11.5. The van der Waals surface area contributed by atoms with Gasteiger partial charge in [0.2, 0.25) is 0 Å². The van der Waals surface area contributed by atoms with Crippen LogP contribution in [-0.2, 0) is 0 Å². The zero-order chi connectivity index (χ0) is 13.7. The van der Waals surface area contributed by atoms with Gasteiger partial charge in [0, 0.05) is 0 Å². The van der Waals surface area contributed by atoms with Crippen molar-refractivity contribution in [1.29, 1.82) is 0 Å². The molecule has 0 atom stereocenters. The van der Waals surface area contributed by atoms with Crippen LogP contribution in [0.15, 0.2) is 54.6 Å². The number of hydrogen-bond donors (Lipinski definition) is 1. The van der Waals surface area contributed by atoms with Gasteiger partial charge >= 0.3 is 0 Å². The molecule has 0 spiro atoms. The second-order valence-corrected chi connectivity index (χ2v) is 5.23. The first-order valence-corrected chi connectivity index (χ1v) is 6.70. The topological polar surface area (TPSA) is 20.2 Å². The Morgan fingerprint density at radius 1 is 1.00 bits per heavy atom. The molecule has 98 valence electrons. The Hall–Kier alpha value is -2.02. The smallest absolute Gasteiger partial charge is 0.115 e. The molecule has 2 aromatic carbocycles. The van der Waals surface area contributed by atoms with Gasteiger partial charge in [0.05, 0.1) is 0 Å². The number of hydrogen-bond acceptors (Lipinski definition) is 1. The van der Waals surface area contributed by atoms with Crippen LogP contribution in [0.3, 0.4) is 0 Å². The maximum atomic E-state index is 9.33. The van der Waals surface area contributed by atoms with Gasteiger partial charge in [0.25, 0.3) is 0 Å². The Balaban J connectivity index is 2.35. The summed E-state index contributed by atoms with van der Waals surface area (Å²) in [4.78, 5) is 0. The predicted molar refractivity (Wildman–Crippen MR) is 81.9 cm³/mol. The van der Waals surface area contributed by atoms with Gasteiger partial charge in [-0.15, -0.1) is 0 Å². The van der Waals surface area contributed by atoms with Gasteiger partial charge in [0.1, 0.15) is 5.75 Å². The third-order valence-corrected chi connectivity index (χ3v) is 3.01. The molecule has 0 aromatic heterocycles. The summed E-state index contributed by atoms with van der Waals surface area (Å²) in [7, 11) is 0. The van der Waals surface area contributed by atoms with Crippen LogP contribution in [0, 0.1) is 5.92 Å². The molecule has 0 heterocycles. The first-order valence-electron chi connectivity index (χ1n) is 6.70. The maximum Gasteiger partial charge on any atom is 0.115 e. The Morgan fingerprint density at radius 3 is 2.21 bits per heavy atom. The van der Waals surface area contributed by atoms with Crippen LogP contribution in [0.4, 0.5) is 0 Å². The molecule has 1 heteroatoms. The van der Waals surface area contributed by atoms with Crippen LogP contribution in [0.1, 0.15) is 31.4 Å². The molecule has 0 aliphatic carbocycles. The summed E-state index contributed by atoms with van der Waals surface area (Å²) in [5.74, 6) is 0.922. The van der Waals surface area contributed by atoms with E-state index in [9.17, 15) is 5.11 Å². The minimum Gasteiger partial charge on any atom is -0.508 e. The molecule has 0 saturated heterocycles. The molecule has 2 rings (SSSR count). The van der Waals surface area contributed by atoms with E-state index in [1.165, 1.54) is 11.1 Å². The van der Waals surface area contributed by atoms with Gasteiger partial charge in [-0.05, 0) is 41.2 Å². The lowest BCUT2D eigenvalue weighted by molar-refractivity contribution is 0.475. The molecule has 0 amide bonds. The summed E-state index contributed by atoms with van der Waals surface area (Å²) in [6.45, 7) is 4.46. The highest BCUT2D eigenvalue weighted by molar-refractivity contribution is 5.81. The second-order valence-electron chi connectivity index (χ2n) is 5.23. The Morgan fingerprint density at radius 2 is 1.63 bits per heavy atom. The molecule has 0 aliphatic rings. The van der Waals surface area contributed by atoms with Crippen molar-refractivity contribution in [3.63, 3.8) is 0 Å². The largest absolute Gasteiger partial charge is 0.508 e. The number of aromatic hydroxyl groups is 1. The highest BCUT2D eigenvalue weighted by atomic mass is 16.3. The second kappa shape index (κ2) is 6.24. The normalized spacial score (nSPS) is 11.8. The Labute approximate surface area is 115 Å². The van der Waals surface area contributed by atoms with Crippen LogP contribution in [0.2, 0.25) is 0 Å². The van der Waals surface area contributed by atoms with Crippen molar-refractivity contribution < 1.29 is 5.11 Å². The lowest BCUT2D eigenvalue weighted by atomic mass is 9.94. The average Bonchev–Trinajstić information content (AvgIpc) is 2.41. The third-order valence-electron chi connectivity index (χ3n) is 3.01. The summed E-state index contributed by atoms with van der Waals surface area (Å²) >= 11 is 0. The van der Waals surface area contributed by atoms with E-state index in [-0.39, 0.29) is 0 Å². The van der Waals surface area contributed by atoms with E-state index in [1.54, 1.807) is 12.1 Å². The van der Waals surface area contributed by atoms with Crippen LogP contribution in [-0.4, -0.2) is 5.11 Å². The number of benzene rings is 2. The van der Waals surface area contributed by atoms with Gasteiger partial charge in [-0.2, -0.15) is 0 Å². The van der Waals surface area contributed by atoms with Crippen molar-refractivity contribution >= 4 is 11.6 Å². The highest BCUT2D eigenvalue weighted by Gasteiger charge is 2.04. The standard InChI is InChI=1S/C18H20O/c1-14(2)12-17(16-6-4-3-5-7-16)13-15-8-10-18(19)11-9-15/h3-11,13-14,19H,12H2,1-2H3. The molecule has 0 radical (unpaired) electrons. The fourth-order valence-corrected chi connectivity index (χ4v) is 2.12. The van der Waals surface area contributed by atoms with Crippen molar-refractivity contribution in [3.05, 3.63) is 65.7 Å². The molecule has 1 N–H and O–H groups in total. The minimum absolute atomic E-state index is 0.308. The molecule has 0 aliphatic heterocycles. The van der Waals surface area contributed by atoms with E-state index in [0.717, 1.165) is 12.0 Å². The quantitative estimate of drug-likeness (QED) is 0.761. The summed E-state index contributed by atoms with van der Waals surface area (Å²) in [5.41, 5.74) is 3.72. The van der Waals surface area contributed by atoms with Crippen LogP contribution < -0.4 is 0 Å². The zero-order valence-electron chi connectivity index (χ0n) is 11.5. The molecule has 0 bridgehead atoms. The van der Waals surface area contributed by atoms with E-state index in [1.807, 2.05) is 18.2 Å². The van der Waals surface area contributed by atoms with Crippen molar-refractivity contribution in [3.8, 4) is 5.75 Å². The summed E-state index contributed by atoms with van der Waals surface area (Å²) in [6.07, 6.45) is 3.25. The number of rotatable bonds is 4. The van der Waals surface area contributed by atoms with E-state index in [4.69, 9.17) is 0 Å². The minimum atomic E-state index is 0.308. The number of allylic oxidation sites excluding steroid dienone is 1. The van der Waals surface area contributed by atoms with Gasteiger partial charge in [-0.1, -0.05) is 62.4 Å². The van der Waals surface area contributed by atoms with Gasteiger partial charge in [-0.25, -0.2) is 0 Å². The van der Waals surface area contributed by atoms with Crippen molar-refractivity contribution in [2.45, 2.75) is 20.3 Å². The highest BCUT2D eigenvalue weighted by Crippen LogP contribution is 2.25. The Kier molecular flexibility index (Phi) is 4.40. The SMILES string of the molecule is CC(C)CC(=Cc1ccc(O)cc1)c1ccccc1. The molecule has 0 fully saturated rings. The van der Waals surface area contributed by atoms with Crippen LogP contribution in [0.5, 0.6) is 5.75 Å². The lowest BCUT2D eigenvalue weighted by Crippen LogP contribution is -1.92. The van der Waals surface area contributed by atoms with Crippen molar-refractivity contribution in [1.82, 2.24) is 0 Å². The third kappa shape index (κ3) is 3.99. The summed E-state index contributed by atoms with van der Waals surface area (Å²) in [6, 6.07) is 17.8. The number of phenols is 1. The molecule has 2 aromatic rings. The van der Waals surface area contributed by atoms with Crippen LogP contribution in [0.25, 0.3) is 11.6 Å². The fourth-order valence-electron chi connectivity index (χ4n) is 2.12. The first kappa shape index (κ1) is 13.4. The molecule has 0 unspecified atom stereocenters. The molecule has 19 heavy (non-hydrogen) atoms. The lowest BCUT2D eigenvalue weighted by Gasteiger charge is -2.11. The molecular weight excluding hydrogens is 232 g/mol.